The van der Waals surface area contributed by atoms with Crippen LogP contribution in [0, 0.1) is 12.3 Å². The predicted octanol–water partition coefficient (Wildman–Crippen LogP) is 6.05. The average molecular weight is 410 g/mol. The number of phenolic OH excluding ortho intramolecular Hbond substituents is 2. The molecule has 27 heavy (non-hydrogen) atoms. The van der Waals surface area contributed by atoms with Gasteiger partial charge in [0.2, 0.25) is 5.91 Å². The van der Waals surface area contributed by atoms with E-state index in [1.165, 1.54) is 18.2 Å². The van der Waals surface area contributed by atoms with Crippen LogP contribution in [-0.4, -0.2) is 16.1 Å². The lowest BCUT2D eigenvalue weighted by Crippen LogP contribution is -2.36. The molecule has 0 saturated carbocycles. The third-order valence-corrected chi connectivity index (χ3v) is 5.67. The first-order valence-corrected chi connectivity index (χ1v) is 9.39. The fraction of sp³-hybridized carbons (Fsp3) is 0.381. The highest BCUT2D eigenvalue weighted by atomic mass is 35.5. The van der Waals surface area contributed by atoms with Crippen LogP contribution in [0.1, 0.15) is 45.2 Å². The van der Waals surface area contributed by atoms with Crippen LogP contribution < -0.4 is 5.32 Å². The van der Waals surface area contributed by atoms with E-state index < -0.39 is 10.8 Å². The van der Waals surface area contributed by atoms with E-state index in [4.69, 9.17) is 23.2 Å². The summed E-state index contributed by atoms with van der Waals surface area (Å²) in [6.45, 7) is 9.31. The normalized spacial score (nSPS) is 12.1. The molecular formula is C21H25Cl2NO3. The zero-order valence-electron chi connectivity index (χ0n) is 16.2. The maximum atomic E-state index is 12.9. The molecule has 2 rings (SSSR count). The van der Waals surface area contributed by atoms with Crippen molar-refractivity contribution >= 4 is 34.8 Å². The Balaban J connectivity index is 2.26. The first kappa shape index (κ1) is 21.4. The summed E-state index contributed by atoms with van der Waals surface area (Å²) in [6, 6.07) is 7.79. The third-order valence-electron chi connectivity index (χ3n) is 4.78. The Labute approximate surface area is 170 Å². The predicted molar refractivity (Wildman–Crippen MR) is 111 cm³/mol. The monoisotopic (exact) mass is 409 g/mol. The molecule has 0 aliphatic rings. The van der Waals surface area contributed by atoms with Crippen molar-refractivity contribution in [3.8, 4) is 11.5 Å². The Morgan fingerprint density at radius 3 is 2.33 bits per heavy atom. The molecule has 3 N–H and O–H groups in total. The van der Waals surface area contributed by atoms with Crippen molar-refractivity contribution in [2.45, 2.75) is 46.5 Å². The summed E-state index contributed by atoms with van der Waals surface area (Å²) >= 11 is 12.4. The van der Waals surface area contributed by atoms with Gasteiger partial charge < -0.3 is 15.5 Å². The summed E-state index contributed by atoms with van der Waals surface area (Å²) < 4.78 is 0. The van der Waals surface area contributed by atoms with Crippen LogP contribution >= 0.6 is 23.2 Å². The molecule has 2 aromatic rings. The van der Waals surface area contributed by atoms with Crippen molar-refractivity contribution < 1.29 is 15.0 Å². The first-order chi connectivity index (χ1) is 12.3. The highest BCUT2D eigenvalue weighted by Gasteiger charge is 2.37. The third kappa shape index (κ3) is 4.69. The molecule has 0 atom stereocenters. The SMILES string of the molecule is Cc1c(Cl)ccc(NC(=O)C(C)(C)CC(C)(C)c2cc(O)ccc2O)c1Cl. The Hall–Kier alpha value is -1.91. The van der Waals surface area contributed by atoms with Gasteiger partial charge in [0.1, 0.15) is 11.5 Å². The molecule has 0 aromatic heterocycles. The van der Waals surface area contributed by atoms with E-state index in [0.29, 0.717) is 33.3 Å². The van der Waals surface area contributed by atoms with Gasteiger partial charge in [-0.05, 0) is 54.7 Å². The number of carbonyl (C=O) groups excluding carboxylic acids is 1. The largest absolute Gasteiger partial charge is 0.508 e. The Kier molecular flexibility index (Phi) is 6.03. The first-order valence-electron chi connectivity index (χ1n) is 8.64. The minimum Gasteiger partial charge on any atom is -0.508 e. The lowest BCUT2D eigenvalue weighted by molar-refractivity contribution is -0.125. The lowest BCUT2D eigenvalue weighted by atomic mass is 9.70. The molecule has 0 heterocycles. The van der Waals surface area contributed by atoms with Gasteiger partial charge in [-0.1, -0.05) is 50.9 Å². The Bertz CT molecular complexity index is 876. The van der Waals surface area contributed by atoms with Crippen molar-refractivity contribution in [1.29, 1.82) is 0 Å². The van der Waals surface area contributed by atoms with Crippen LogP contribution in [0.15, 0.2) is 30.3 Å². The van der Waals surface area contributed by atoms with E-state index in [2.05, 4.69) is 5.32 Å². The molecule has 0 fully saturated rings. The van der Waals surface area contributed by atoms with Crippen molar-refractivity contribution in [2.24, 2.45) is 5.41 Å². The number of amides is 1. The fourth-order valence-electron chi connectivity index (χ4n) is 3.40. The van der Waals surface area contributed by atoms with E-state index in [0.717, 1.165) is 0 Å². The molecule has 2 aromatic carbocycles. The number of anilines is 1. The van der Waals surface area contributed by atoms with Crippen molar-refractivity contribution in [1.82, 2.24) is 0 Å². The molecule has 0 saturated heterocycles. The average Bonchev–Trinajstić information content (AvgIpc) is 2.56. The van der Waals surface area contributed by atoms with E-state index in [1.54, 1.807) is 19.1 Å². The molecule has 1 amide bonds. The van der Waals surface area contributed by atoms with E-state index >= 15 is 0 Å². The number of halogens is 2. The highest BCUT2D eigenvalue weighted by molar-refractivity contribution is 6.38. The second-order valence-corrected chi connectivity index (χ2v) is 8.92. The zero-order chi connectivity index (χ0) is 20.6. The van der Waals surface area contributed by atoms with Crippen LogP contribution in [0.3, 0.4) is 0 Å². The summed E-state index contributed by atoms with van der Waals surface area (Å²) in [5, 5.41) is 23.8. The highest BCUT2D eigenvalue weighted by Crippen LogP contribution is 2.42. The van der Waals surface area contributed by atoms with E-state index in [-0.39, 0.29) is 17.4 Å². The molecule has 0 unspecified atom stereocenters. The number of aromatic hydroxyl groups is 2. The molecule has 0 bridgehead atoms. The van der Waals surface area contributed by atoms with Gasteiger partial charge in [0.15, 0.2) is 0 Å². The van der Waals surface area contributed by atoms with Crippen molar-refractivity contribution in [3.63, 3.8) is 0 Å². The van der Waals surface area contributed by atoms with E-state index in [9.17, 15) is 15.0 Å². The van der Waals surface area contributed by atoms with E-state index in [1.807, 2.05) is 27.7 Å². The fourth-order valence-corrected chi connectivity index (χ4v) is 3.81. The minimum absolute atomic E-state index is 0.0709. The van der Waals surface area contributed by atoms with Gasteiger partial charge in [0.05, 0.1) is 10.7 Å². The summed E-state index contributed by atoms with van der Waals surface area (Å²) in [5.74, 6) is -0.0363. The number of phenols is 2. The molecule has 0 aliphatic heterocycles. The summed E-state index contributed by atoms with van der Waals surface area (Å²) in [6.07, 6.45) is 0.438. The number of hydrogen-bond donors (Lipinski definition) is 3. The molecule has 0 spiro atoms. The number of nitrogens with one attached hydrogen (secondary N) is 1. The number of benzene rings is 2. The second kappa shape index (κ2) is 7.61. The van der Waals surface area contributed by atoms with Gasteiger partial charge in [-0.15, -0.1) is 0 Å². The smallest absolute Gasteiger partial charge is 0.230 e. The second-order valence-electron chi connectivity index (χ2n) is 8.13. The van der Waals surface area contributed by atoms with Crippen LogP contribution in [0.5, 0.6) is 11.5 Å². The number of rotatable bonds is 5. The maximum absolute atomic E-state index is 12.9. The molecule has 146 valence electrons. The molecule has 4 nitrogen and oxygen atoms in total. The van der Waals surface area contributed by atoms with Gasteiger partial charge in [-0.3, -0.25) is 4.79 Å². The maximum Gasteiger partial charge on any atom is 0.230 e. The van der Waals surface area contributed by atoms with Crippen molar-refractivity contribution in [3.05, 3.63) is 51.5 Å². The van der Waals surface area contributed by atoms with Crippen LogP contribution in [0.2, 0.25) is 10.0 Å². The van der Waals surface area contributed by atoms with Crippen LogP contribution in [0.4, 0.5) is 5.69 Å². The van der Waals surface area contributed by atoms with Gasteiger partial charge in [-0.2, -0.15) is 0 Å². The summed E-state index contributed by atoms with van der Waals surface area (Å²) in [5.41, 5.74) is 0.485. The topological polar surface area (TPSA) is 69.6 Å². The zero-order valence-corrected chi connectivity index (χ0v) is 17.7. The standard InChI is InChI=1S/C21H25Cl2NO3/c1-12-15(22)7-8-16(18(12)23)24-19(27)21(4,5)11-20(2,3)14-10-13(25)6-9-17(14)26/h6-10,25-26H,11H2,1-5H3,(H,24,27). The lowest BCUT2D eigenvalue weighted by Gasteiger charge is -2.35. The van der Waals surface area contributed by atoms with Gasteiger partial charge >= 0.3 is 0 Å². The molecule has 6 heteroatoms. The number of carbonyl (C=O) groups is 1. The molecule has 0 radical (unpaired) electrons. The van der Waals surface area contributed by atoms with Crippen LogP contribution in [-0.2, 0) is 10.2 Å². The van der Waals surface area contributed by atoms with Gasteiger partial charge in [0, 0.05) is 16.0 Å². The van der Waals surface area contributed by atoms with Gasteiger partial charge in [-0.25, -0.2) is 0 Å². The summed E-state index contributed by atoms with van der Waals surface area (Å²) in [7, 11) is 0. The van der Waals surface area contributed by atoms with Crippen LogP contribution in [0.25, 0.3) is 0 Å². The summed E-state index contributed by atoms with van der Waals surface area (Å²) in [4.78, 5) is 12.9. The quantitative estimate of drug-likeness (QED) is 0.526. The minimum atomic E-state index is -0.766. The number of hydrogen-bond acceptors (Lipinski definition) is 3. The Morgan fingerprint density at radius 1 is 1.07 bits per heavy atom. The molecule has 0 aliphatic carbocycles. The van der Waals surface area contributed by atoms with Gasteiger partial charge in [0.25, 0.3) is 0 Å². The Morgan fingerprint density at radius 2 is 1.70 bits per heavy atom. The van der Waals surface area contributed by atoms with Crippen molar-refractivity contribution in [2.75, 3.05) is 5.32 Å². The molecular weight excluding hydrogens is 385 g/mol.